The summed E-state index contributed by atoms with van der Waals surface area (Å²) >= 11 is 3.51. The number of benzene rings is 3. The molecule has 0 aliphatic rings. The molecule has 0 saturated heterocycles. The zero-order chi connectivity index (χ0) is 25.0. The number of nitrogens with one attached hydrogen (secondary N) is 2. The molecule has 0 atom stereocenters. The van der Waals surface area contributed by atoms with Crippen molar-refractivity contribution >= 4 is 39.6 Å². The number of nitrogens with zero attached hydrogens (tertiary/aromatic N) is 1. The Balaban J connectivity index is 1.64. The maximum atomic E-state index is 12.2. The molecule has 182 valence electrons. The minimum atomic E-state index is -0.917. The summed E-state index contributed by atoms with van der Waals surface area (Å²) in [7, 11) is 0. The van der Waals surface area contributed by atoms with Gasteiger partial charge in [-0.1, -0.05) is 42.5 Å². The molecule has 0 aromatic heterocycles. The van der Waals surface area contributed by atoms with E-state index in [1.807, 2.05) is 44.2 Å². The van der Waals surface area contributed by atoms with E-state index in [1.165, 1.54) is 6.21 Å². The van der Waals surface area contributed by atoms with Crippen molar-refractivity contribution in [1.82, 2.24) is 5.43 Å². The van der Waals surface area contributed by atoms with Crippen LogP contribution in [0.15, 0.2) is 76.3 Å². The lowest BCUT2D eigenvalue weighted by atomic mass is 10.2. The van der Waals surface area contributed by atoms with E-state index in [4.69, 9.17) is 14.2 Å². The molecule has 0 bridgehead atoms. The van der Waals surface area contributed by atoms with E-state index in [0.717, 1.165) is 5.56 Å². The van der Waals surface area contributed by atoms with E-state index in [0.29, 0.717) is 52.8 Å². The van der Waals surface area contributed by atoms with Crippen molar-refractivity contribution in [3.05, 3.63) is 82.3 Å². The van der Waals surface area contributed by atoms with Crippen molar-refractivity contribution in [3.8, 4) is 17.2 Å². The van der Waals surface area contributed by atoms with E-state index in [9.17, 15) is 9.59 Å². The molecule has 2 N–H and O–H groups in total. The average molecular weight is 540 g/mol. The van der Waals surface area contributed by atoms with Gasteiger partial charge in [0.15, 0.2) is 11.5 Å². The van der Waals surface area contributed by atoms with Crippen LogP contribution in [0.5, 0.6) is 17.2 Å². The van der Waals surface area contributed by atoms with E-state index < -0.39 is 11.8 Å². The van der Waals surface area contributed by atoms with Crippen LogP contribution in [0.25, 0.3) is 0 Å². The Morgan fingerprint density at radius 2 is 1.57 bits per heavy atom. The van der Waals surface area contributed by atoms with Crippen LogP contribution in [-0.4, -0.2) is 31.2 Å². The van der Waals surface area contributed by atoms with E-state index in [-0.39, 0.29) is 0 Å². The molecule has 0 saturated carbocycles. The van der Waals surface area contributed by atoms with Crippen molar-refractivity contribution in [2.75, 3.05) is 18.5 Å². The van der Waals surface area contributed by atoms with Gasteiger partial charge in [-0.3, -0.25) is 9.59 Å². The monoisotopic (exact) mass is 539 g/mol. The number of carbonyl (C=O) groups excluding carboxylic acids is 2. The number of hydrazone groups is 1. The van der Waals surface area contributed by atoms with Gasteiger partial charge < -0.3 is 19.5 Å². The fraction of sp³-hybridized carbons (Fsp3) is 0.192. The minimum absolute atomic E-state index is 0.380. The Hall–Kier alpha value is -3.85. The molecule has 35 heavy (non-hydrogen) atoms. The van der Waals surface area contributed by atoms with Crippen molar-refractivity contribution < 1.29 is 23.8 Å². The van der Waals surface area contributed by atoms with Gasteiger partial charge in [0.1, 0.15) is 12.4 Å². The van der Waals surface area contributed by atoms with Crippen LogP contribution < -0.4 is 25.0 Å². The molecule has 3 aromatic carbocycles. The average Bonchev–Trinajstić information content (AvgIpc) is 2.85. The lowest BCUT2D eigenvalue weighted by molar-refractivity contribution is -0.136. The summed E-state index contributed by atoms with van der Waals surface area (Å²) in [5, 5.41) is 6.41. The summed E-state index contributed by atoms with van der Waals surface area (Å²) in [6, 6.07) is 20.2. The number of para-hydroxylation sites is 2. The number of halogens is 1. The standard InChI is InChI=1S/C26H26BrN3O5/c1-3-33-22-13-9-8-12-21(22)29-25(31)26(32)30-28-16-19-14-20(27)24(23(15-19)34-4-2)35-17-18-10-6-5-7-11-18/h5-16H,3-4,17H2,1-2H3,(H,29,31)(H,30,32)/b28-16+. The van der Waals surface area contributed by atoms with Crippen LogP contribution >= 0.6 is 15.9 Å². The highest BCUT2D eigenvalue weighted by atomic mass is 79.9. The summed E-state index contributed by atoms with van der Waals surface area (Å²) in [6.07, 6.45) is 1.41. The molecule has 0 aliphatic heterocycles. The largest absolute Gasteiger partial charge is 0.492 e. The van der Waals surface area contributed by atoms with Crippen LogP contribution in [0.2, 0.25) is 0 Å². The maximum Gasteiger partial charge on any atom is 0.329 e. The zero-order valence-corrected chi connectivity index (χ0v) is 21.0. The van der Waals surface area contributed by atoms with Gasteiger partial charge in [0, 0.05) is 0 Å². The number of carbonyl (C=O) groups is 2. The van der Waals surface area contributed by atoms with Crippen molar-refractivity contribution in [2.24, 2.45) is 5.10 Å². The molecule has 0 fully saturated rings. The molecule has 0 heterocycles. The highest BCUT2D eigenvalue weighted by Crippen LogP contribution is 2.37. The van der Waals surface area contributed by atoms with Crippen LogP contribution in [-0.2, 0) is 16.2 Å². The summed E-state index contributed by atoms with van der Waals surface area (Å²) in [5.74, 6) is -0.225. The van der Waals surface area contributed by atoms with Crippen LogP contribution in [0, 0.1) is 0 Å². The van der Waals surface area contributed by atoms with E-state index >= 15 is 0 Å². The fourth-order valence-corrected chi connectivity index (χ4v) is 3.62. The molecule has 0 spiro atoms. The number of anilines is 1. The smallest absolute Gasteiger partial charge is 0.329 e. The molecule has 2 amide bonds. The number of amides is 2. The van der Waals surface area contributed by atoms with Crippen LogP contribution in [0.3, 0.4) is 0 Å². The van der Waals surface area contributed by atoms with Gasteiger partial charge in [0.05, 0.1) is 29.6 Å². The molecule has 0 unspecified atom stereocenters. The molecule has 0 aliphatic carbocycles. The molecule has 3 rings (SSSR count). The quantitative estimate of drug-likeness (QED) is 0.216. The number of hydrogen-bond acceptors (Lipinski definition) is 6. The molecule has 8 nitrogen and oxygen atoms in total. The summed E-state index contributed by atoms with van der Waals surface area (Å²) in [4.78, 5) is 24.4. The number of rotatable bonds is 10. The predicted molar refractivity (Wildman–Crippen MR) is 138 cm³/mol. The third-order valence-corrected chi connectivity index (χ3v) is 5.17. The third kappa shape index (κ3) is 7.58. The minimum Gasteiger partial charge on any atom is -0.492 e. The van der Waals surface area contributed by atoms with Crippen molar-refractivity contribution in [3.63, 3.8) is 0 Å². The first-order valence-electron chi connectivity index (χ1n) is 11.0. The van der Waals surface area contributed by atoms with Crippen molar-refractivity contribution in [2.45, 2.75) is 20.5 Å². The Labute approximate surface area is 212 Å². The first-order valence-corrected chi connectivity index (χ1v) is 11.8. The Morgan fingerprint density at radius 1 is 0.886 bits per heavy atom. The fourth-order valence-electron chi connectivity index (χ4n) is 3.04. The number of hydrogen-bond donors (Lipinski definition) is 2. The Morgan fingerprint density at radius 3 is 2.31 bits per heavy atom. The van der Waals surface area contributed by atoms with Crippen LogP contribution in [0.4, 0.5) is 5.69 Å². The predicted octanol–water partition coefficient (Wildman–Crippen LogP) is 4.91. The second kappa shape index (κ2) is 13.1. The highest BCUT2D eigenvalue weighted by molar-refractivity contribution is 9.10. The van der Waals surface area contributed by atoms with Gasteiger partial charge in [-0.05, 0) is 65.2 Å². The van der Waals surface area contributed by atoms with Crippen molar-refractivity contribution in [1.29, 1.82) is 0 Å². The molecule has 9 heteroatoms. The molecule has 3 aromatic rings. The summed E-state index contributed by atoms with van der Waals surface area (Å²) < 4.78 is 17.8. The second-order valence-electron chi connectivity index (χ2n) is 7.12. The zero-order valence-electron chi connectivity index (χ0n) is 19.4. The maximum absolute atomic E-state index is 12.2. The SMILES string of the molecule is CCOc1ccccc1NC(=O)C(=O)N/N=C/c1cc(Br)c(OCc2ccccc2)c(OCC)c1. The van der Waals surface area contributed by atoms with Gasteiger partial charge in [-0.15, -0.1) is 0 Å². The van der Waals surface area contributed by atoms with Gasteiger partial charge in [0.2, 0.25) is 0 Å². The number of ether oxygens (including phenoxy) is 3. The van der Waals surface area contributed by atoms with Gasteiger partial charge in [-0.2, -0.15) is 5.10 Å². The lowest BCUT2D eigenvalue weighted by Gasteiger charge is -2.14. The molecular weight excluding hydrogens is 514 g/mol. The van der Waals surface area contributed by atoms with Gasteiger partial charge in [0.25, 0.3) is 0 Å². The topological polar surface area (TPSA) is 98.2 Å². The Kier molecular flexibility index (Phi) is 9.68. The van der Waals surface area contributed by atoms with E-state index in [2.05, 4.69) is 31.8 Å². The summed E-state index contributed by atoms with van der Waals surface area (Å²) in [5.41, 5.74) is 4.28. The molecular formula is C26H26BrN3O5. The second-order valence-corrected chi connectivity index (χ2v) is 7.97. The van der Waals surface area contributed by atoms with Crippen LogP contribution in [0.1, 0.15) is 25.0 Å². The lowest BCUT2D eigenvalue weighted by Crippen LogP contribution is -2.32. The molecule has 0 radical (unpaired) electrons. The Bertz CT molecular complexity index is 1180. The third-order valence-electron chi connectivity index (χ3n) is 4.58. The summed E-state index contributed by atoms with van der Waals surface area (Å²) in [6.45, 7) is 4.95. The highest BCUT2D eigenvalue weighted by Gasteiger charge is 2.16. The van der Waals surface area contributed by atoms with E-state index in [1.54, 1.807) is 36.4 Å². The normalized spacial score (nSPS) is 10.6. The first kappa shape index (κ1) is 25.8. The first-order chi connectivity index (χ1) is 17.0. The van der Waals surface area contributed by atoms with Gasteiger partial charge >= 0.3 is 11.8 Å². The van der Waals surface area contributed by atoms with Gasteiger partial charge in [-0.25, -0.2) is 5.43 Å².